The van der Waals surface area contributed by atoms with Gasteiger partial charge in [0, 0.05) is 6.20 Å². The number of nitrogens with one attached hydrogen (secondary N) is 1. The van der Waals surface area contributed by atoms with Crippen LogP contribution in [0.2, 0.25) is 0 Å². The zero-order chi connectivity index (χ0) is 13.7. The van der Waals surface area contributed by atoms with Crippen molar-refractivity contribution in [2.24, 2.45) is 4.99 Å². The van der Waals surface area contributed by atoms with E-state index in [0.717, 1.165) is 22.6 Å². The van der Waals surface area contributed by atoms with E-state index in [2.05, 4.69) is 36.2 Å². The number of aliphatic imine (C=N–C) groups is 1. The third-order valence-electron chi connectivity index (χ3n) is 2.46. The van der Waals surface area contributed by atoms with Gasteiger partial charge in [-0.05, 0) is 19.1 Å². The van der Waals surface area contributed by atoms with E-state index >= 15 is 0 Å². The Bertz CT molecular complexity index is 588. The van der Waals surface area contributed by atoms with Crippen molar-refractivity contribution in [3.05, 3.63) is 49.1 Å². The molecule has 5 nitrogen and oxygen atoms in total. The van der Waals surface area contributed by atoms with E-state index in [0.29, 0.717) is 6.54 Å². The molecule has 19 heavy (non-hydrogen) atoms. The normalized spacial score (nSPS) is 11.4. The van der Waals surface area contributed by atoms with Gasteiger partial charge >= 0.3 is 0 Å². The standard InChI is InChI=1S/C13H16N5P/c1-3-6-15-13(19)16-12-9-18(17-10(12)2)11-5-4-7-14-8-11/h3-5,7-9H,1,6,19H2,2H3,(H,15,16). The molecule has 0 saturated carbocycles. The predicted octanol–water partition coefficient (Wildman–Crippen LogP) is 2.40. The average molecular weight is 273 g/mol. The summed E-state index contributed by atoms with van der Waals surface area (Å²) in [6, 6.07) is 3.84. The zero-order valence-corrected chi connectivity index (χ0v) is 11.9. The summed E-state index contributed by atoms with van der Waals surface area (Å²) in [6.07, 6.45) is 7.17. The van der Waals surface area contributed by atoms with E-state index in [-0.39, 0.29) is 0 Å². The highest BCUT2D eigenvalue weighted by molar-refractivity contribution is 7.41. The second kappa shape index (κ2) is 6.25. The average Bonchev–Trinajstić information content (AvgIpc) is 2.79. The van der Waals surface area contributed by atoms with Gasteiger partial charge in [-0.25, -0.2) is 4.68 Å². The Balaban J connectivity index is 2.20. The minimum Gasteiger partial charge on any atom is -0.338 e. The van der Waals surface area contributed by atoms with E-state index in [9.17, 15) is 0 Å². The molecule has 2 rings (SSSR count). The van der Waals surface area contributed by atoms with E-state index in [4.69, 9.17) is 0 Å². The van der Waals surface area contributed by atoms with Crippen LogP contribution in [0.3, 0.4) is 0 Å². The second-order valence-electron chi connectivity index (χ2n) is 3.92. The molecule has 0 aliphatic heterocycles. The number of aryl methyl sites for hydroxylation is 1. The highest BCUT2D eigenvalue weighted by Crippen LogP contribution is 2.16. The van der Waals surface area contributed by atoms with Crippen molar-refractivity contribution in [3.63, 3.8) is 0 Å². The van der Waals surface area contributed by atoms with Crippen molar-refractivity contribution in [1.29, 1.82) is 0 Å². The van der Waals surface area contributed by atoms with Crippen LogP contribution in [0.25, 0.3) is 5.69 Å². The second-order valence-corrected chi connectivity index (χ2v) is 4.47. The molecule has 0 aliphatic rings. The maximum absolute atomic E-state index is 4.44. The molecule has 0 spiro atoms. The summed E-state index contributed by atoms with van der Waals surface area (Å²) >= 11 is 0. The molecule has 6 heteroatoms. The highest BCUT2D eigenvalue weighted by atomic mass is 31.0. The summed E-state index contributed by atoms with van der Waals surface area (Å²) in [6.45, 7) is 6.16. The van der Waals surface area contributed by atoms with Crippen molar-refractivity contribution in [2.75, 3.05) is 11.9 Å². The molecule has 98 valence electrons. The maximum atomic E-state index is 4.44. The molecule has 2 heterocycles. The fourth-order valence-corrected chi connectivity index (χ4v) is 1.81. The highest BCUT2D eigenvalue weighted by Gasteiger charge is 2.06. The monoisotopic (exact) mass is 273 g/mol. The van der Waals surface area contributed by atoms with Gasteiger partial charge in [0.05, 0.1) is 36.0 Å². The van der Waals surface area contributed by atoms with Crippen LogP contribution in [0.1, 0.15) is 5.69 Å². The van der Waals surface area contributed by atoms with E-state index in [1.165, 1.54) is 0 Å². The van der Waals surface area contributed by atoms with E-state index < -0.39 is 0 Å². The van der Waals surface area contributed by atoms with Gasteiger partial charge in [0.1, 0.15) is 5.58 Å². The van der Waals surface area contributed by atoms with Gasteiger partial charge in [0.25, 0.3) is 0 Å². The van der Waals surface area contributed by atoms with Crippen LogP contribution in [0.5, 0.6) is 0 Å². The van der Waals surface area contributed by atoms with Crippen LogP contribution in [0.4, 0.5) is 5.69 Å². The van der Waals surface area contributed by atoms with Crippen molar-refractivity contribution < 1.29 is 0 Å². The van der Waals surface area contributed by atoms with Crippen molar-refractivity contribution in [1.82, 2.24) is 14.8 Å². The quantitative estimate of drug-likeness (QED) is 0.403. The molecule has 0 aromatic carbocycles. The number of hydrogen-bond donors (Lipinski definition) is 1. The molecular weight excluding hydrogens is 257 g/mol. The summed E-state index contributed by atoms with van der Waals surface area (Å²) in [5.41, 5.74) is 3.50. The maximum Gasteiger partial charge on any atom is 0.118 e. The van der Waals surface area contributed by atoms with Crippen LogP contribution in [-0.2, 0) is 0 Å². The first kappa shape index (κ1) is 13.4. The third kappa shape index (κ3) is 3.48. The Morgan fingerprint density at radius 1 is 1.63 bits per heavy atom. The molecule has 0 radical (unpaired) electrons. The van der Waals surface area contributed by atoms with E-state index in [1.807, 2.05) is 25.3 Å². The van der Waals surface area contributed by atoms with Gasteiger partial charge in [-0.3, -0.25) is 9.98 Å². The zero-order valence-electron chi connectivity index (χ0n) is 10.7. The minimum atomic E-state index is 0.585. The fourth-order valence-electron chi connectivity index (χ4n) is 1.54. The minimum absolute atomic E-state index is 0.585. The van der Waals surface area contributed by atoms with Gasteiger partial charge in [-0.2, -0.15) is 5.10 Å². The number of rotatable bonds is 4. The number of aromatic nitrogens is 3. The lowest BCUT2D eigenvalue weighted by Gasteiger charge is -2.02. The van der Waals surface area contributed by atoms with Crippen LogP contribution in [0, 0.1) is 6.92 Å². The number of pyridine rings is 1. The fraction of sp³-hybridized carbons (Fsp3) is 0.154. The van der Waals surface area contributed by atoms with Crippen molar-refractivity contribution in [2.45, 2.75) is 6.92 Å². The molecule has 0 aliphatic carbocycles. The Morgan fingerprint density at radius 2 is 2.47 bits per heavy atom. The number of anilines is 1. The van der Waals surface area contributed by atoms with E-state index in [1.54, 1.807) is 23.2 Å². The topological polar surface area (TPSA) is 55.1 Å². The third-order valence-corrected chi connectivity index (χ3v) is 2.79. The predicted molar refractivity (Wildman–Crippen MR) is 81.9 cm³/mol. The number of amidine groups is 1. The summed E-state index contributed by atoms with van der Waals surface area (Å²) in [4.78, 5) is 8.34. The summed E-state index contributed by atoms with van der Waals surface area (Å²) in [5.74, 6) is 0. The lowest BCUT2D eigenvalue weighted by atomic mass is 10.4. The molecule has 1 N–H and O–H groups in total. The molecule has 0 bridgehead atoms. The van der Waals surface area contributed by atoms with Crippen LogP contribution < -0.4 is 5.32 Å². The first-order valence-corrected chi connectivity index (χ1v) is 6.43. The largest absolute Gasteiger partial charge is 0.338 e. The summed E-state index contributed by atoms with van der Waals surface area (Å²) < 4.78 is 1.79. The molecule has 1 atom stereocenters. The van der Waals surface area contributed by atoms with Crippen LogP contribution >= 0.6 is 9.24 Å². The van der Waals surface area contributed by atoms with Gasteiger partial charge < -0.3 is 5.32 Å². The molecule has 0 saturated heterocycles. The van der Waals surface area contributed by atoms with Gasteiger partial charge in [-0.15, -0.1) is 6.58 Å². The summed E-state index contributed by atoms with van der Waals surface area (Å²) in [7, 11) is 2.56. The molecule has 2 aromatic heterocycles. The number of hydrogen-bond acceptors (Lipinski definition) is 3. The Labute approximate surface area is 114 Å². The van der Waals surface area contributed by atoms with Crippen molar-refractivity contribution in [3.8, 4) is 5.69 Å². The Hall–Kier alpha value is -2.00. The van der Waals surface area contributed by atoms with Crippen molar-refractivity contribution >= 4 is 20.5 Å². The van der Waals surface area contributed by atoms with Crippen LogP contribution in [0.15, 0.2) is 48.4 Å². The van der Waals surface area contributed by atoms with Gasteiger partial charge in [-0.1, -0.05) is 15.3 Å². The smallest absolute Gasteiger partial charge is 0.118 e. The first-order valence-electron chi connectivity index (χ1n) is 5.85. The Kier molecular flexibility index (Phi) is 4.42. The first-order chi connectivity index (χ1) is 9.20. The SMILES string of the molecule is C=CCN=C(P)Nc1cn(-c2cccnc2)nc1C. The molecular formula is C13H16N5P. The number of nitrogens with zero attached hydrogens (tertiary/aromatic N) is 4. The van der Waals surface area contributed by atoms with Crippen LogP contribution in [-0.4, -0.2) is 26.9 Å². The molecule has 0 amide bonds. The lowest BCUT2D eigenvalue weighted by molar-refractivity contribution is 0.857. The Morgan fingerprint density at radius 3 is 3.16 bits per heavy atom. The molecule has 0 fully saturated rings. The van der Waals surface area contributed by atoms with Gasteiger partial charge in [0.2, 0.25) is 0 Å². The summed E-state index contributed by atoms with van der Waals surface area (Å²) in [5, 5.41) is 7.64. The molecule has 1 unspecified atom stereocenters. The lowest BCUT2D eigenvalue weighted by Crippen LogP contribution is -2.04. The van der Waals surface area contributed by atoms with Gasteiger partial charge in [0.15, 0.2) is 0 Å². The molecule has 2 aromatic rings.